The molecule has 3 unspecified atom stereocenters. The van der Waals surface area contributed by atoms with Crippen LogP contribution in [0.5, 0.6) is 0 Å². The lowest BCUT2D eigenvalue weighted by molar-refractivity contribution is 0.0795. The zero-order chi connectivity index (χ0) is 10.7. The highest BCUT2D eigenvalue weighted by Crippen LogP contribution is 2.44. The van der Waals surface area contributed by atoms with Crippen LogP contribution in [0.15, 0.2) is 0 Å². The van der Waals surface area contributed by atoms with Gasteiger partial charge >= 0.3 is 0 Å². The number of rotatable bonds is 5. The summed E-state index contributed by atoms with van der Waals surface area (Å²) in [6.45, 7) is 12.0. The lowest BCUT2D eigenvalue weighted by Gasteiger charge is -2.42. The Kier molecular flexibility index (Phi) is 4.47. The largest absolute Gasteiger partial charge is 0.0651 e. The van der Waals surface area contributed by atoms with Gasteiger partial charge in [-0.2, -0.15) is 0 Å². The molecule has 0 amide bonds. The van der Waals surface area contributed by atoms with Gasteiger partial charge in [0, 0.05) is 0 Å². The fourth-order valence-electron chi connectivity index (χ4n) is 3.34. The second-order valence-corrected chi connectivity index (χ2v) is 5.65. The van der Waals surface area contributed by atoms with E-state index in [1.165, 1.54) is 25.7 Å². The number of hydrogen-bond donors (Lipinski definition) is 0. The van der Waals surface area contributed by atoms with Crippen molar-refractivity contribution in [3.05, 3.63) is 0 Å². The number of hydrogen-bond acceptors (Lipinski definition) is 0. The molecule has 0 aromatic rings. The van der Waals surface area contributed by atoms with Gasteiger partial charge in [0.2, 0.25) is 0 Å². The molecule has 1 saturated carbocycles. The van der Waals surface area contributed by atoms with Gasteiger partial charge in [-0.3, -0.25) is 0 Å². The Balaban J connectivity index is 2.43. The first kappa shape index (κ1) is 12.1. The Morgan fingerprint density at radius 3 is 2.00 bits per heavy atom. The average molecular weight is 196 g/mol. The summed E-state index contributed by atoms with van der Waals surface area (Å²) in [5, 5.41) is 0. The molecule has 0 N–H and O–H groups in total. The van der Waals surface area contributed by atoms with Crippen LogP contribution in [0.3, 0.4) is 0 Å². The maximum atomic E-state index is 2.50. The van der Waals surface area contributed by atoms with Crippen molar-refractivity contribution in [3.8, 4) is 0 Å². The molecule has 0 heteroatoms. The maximum Gasteiger partial charge on any atom is -0.0363 e. The fourth-order valence-corrected chi connectivity index (χ4v) is 3.34. The highest BCUT2D eigenvalue weighted by atomic mass is 14.4. The van der Waals surface area contributed by atoms with Crippen LogP contribution in [0.4, 0.5) is 0 Å². The van der Waals surface area contributed by atoms with E-state index in [0.29, 0.717) is 0 Å². The molecule has 1 aliphatic rings. The SMILES string of the molecule is CCC(C)C(CC)C(C)C1CC(C)C1. The first-order valence-electron chi connectivity index (χ1n) is 6.60. The molecular weight excluding hydrogens is 168 g/mol. The lowest BCUT2D eigenvalue weighted by atomic mass is 9.63. The van der Waals surface area contributed by atoms with E-state index in [1.54, 1.807) is 0 Å². The molecule has 0 heterocycles. The molecule has 0 aromatic heterocycles. The van der Waals surface area contributed by atoms with Crippen molar-refractivity contribution in [2.24, 2.45) is 29.6 Å². The smallest absolute Gasteiger partial charge is 0.0363 e. The average Bonchev–Trinajstić information content (AvgIpc) is 2.13. The van der Waals surface area contributed by atoms with Crippen molar-refractivity contribution in [3.63, 3.8) is 0 Å². The van der Waals surface area contributed by atoms with E-state index in [4.69, 9.17) is 0 Å². The summed E-state index contributed by atoms with van der Waals surface area (Å²) >= 11 is 0. The van der Waals surface area contributed by atoms with E-state index in [-0.39, 0.29) is 0 Å². The van der Waals surface area contributed by atoms with Crippen LogP contribution in [0.2, 0.25) is 0 Å². The van der Waals surface area contributed by atoms with Gasteiger partial charge in [0.1, 0.15) is 0 Å². The third kappa shape index (κ3) is 2.52. The molecule has 0 nitrogen and oxygen atoms in total. The van der Waals surface area contributed by atoms with E-state index in [2.05, 4.69) is 34.6 Å². The monoisotopic (exact) mass is 196 g/mol. The van der Waals surface area contributed by atoms with Gasteiger partial charge in [0.25, 0.3) is 0 Å². The fraction of sp³-hybridized carbons (Fsp3) is 1.00. The van der Waals surface area contributed by atoms with Crippen molar-refractivity contribution in [2.75, 3.05) is 0 Å². The van der Waals surface area contributed by atoms with E-state index < -0.39 is 0 Å². The van der Waals surface area contributed by atoms with Gasteiger partial charge in [0.15, 0.2) is 0 Å². The summed E-state index contributed by atoms with van der Waals surface area (Å²) in [5.41, 5.74) is 0. The Labute approximate surface area is 90.5 Å². The molecule has 0 saturated heterocycles. The molecule has 0 radical (unpaired) electrons. The van der Waals surface area contributed by atoms with Crippen LogP contribution < -0.4 is 0 Å². The molecule has 1 aliphatic carbocycles. The molecule has 0 bridgehead atoms. The van der Waals surface area contributed by atoms with E-state index in [9.17, 15) is 0 Å². The van der Waals surface area contributed by atoms with E-state index in [1.807, 2.05) is 0 Å². The zero-order valence-corrected chi connectivity index (χ0v) is 10.7. The van der Waals surface area contributed by atoms with Crippen molar-refractivity contribution >= 4 is 0 Å². The van der Waals surface area contributed by atoms with Crippen LogP contribution in [0, 0.1) is 29.6 Å². The molecule has 0 aromatic carbocycles. The molecule has 14 heavy (non-hydrogen) atoms. The zero-order valence-electron chi connectivity index (χ0n) is 10.7. The highest BCUT2D eigenvalue weighted by Gasteiger charge is 2.34. The van der Waals surface area contributed by atoms with Gasteiger partial charge in [-0.05, 0) is 42.4 Å². The van der Waals surface area contributed by atoms with Gasteiger partial charge in [-0.25, -0.2) is 0 Å². The van der Waals surface area contributed by atoms with Gasteiger partial charge in [0.05, 0.1) is 0 Å². The minimum absolute atomic E-state index is 0.922. The lowest BCUT2D eigenvalue weighted by Crippen LogP contribution is -2.33. The third-order valence-corrected chi connectivity index (χ3v) is 4.68. The summed E-state index contributed by atoms with van der Waals surface area (Å²) in [4.78, 5) is 0. The minimum atomic E-state index is 0.922. The molecular formula is C14H28. The minimum Gasteiger partial charge on any atom is -0.0651 e. The maximum absolute atomic E-state index is 2.50. The first-order chi connectivity index (χ1) is 6.60. The molecule has 1 fully saturated rings. The summed E-state index contributed by atoms with van der Waals surface area (Å²) < 4.78 is 0. The van der Waals surface area contributed by atoms with Crippen LogP contribution in [0.1, 0.15) is 60.3 Å². The van der Waals surface area contributed by atoms with E-state index in [0.717, 1.165) is 29.6 Å². The third-order valence-electron chi connectivity index (χ3n) is 4.68. The standard InChI is InChI=1S/C14H28/c1-6-11(4)14(7-2)12(5)13-8-10(3)9-13/h10-14H,6-9H2,1-5H3. The van der Waals surface area contributed by atoms with Crippen LogP contribution in [0.25, 0.3) is 0 Å². The quantitative estimate of drug-likeness (QED) is 0.595. The van der Waals surface area contributed by atoms with Gasteiger partial charge in [-0.1, -0.05) is 47.5 Å². The second kappa shape index (κ2) is 5.19. The van der Waals surface area contributed by atoms with Crippen LogP contribution in [-0.2, 0) is 0 Å². The van der Waals surface area contributed by atoms with Gasteiger partial charge < -0.3 is 0 Å². The van der Waals surface area contributed by atoms with E-state index >= 15 is 0 Å². The summed E-state index contributed by atoms with van der Waals surface area (Å²) in [5.74, 6) is 4.91. The topological polar surface area (TPSA) is 0 Å². The van der Waals surface area contributed by atoms with Gasteiger partial charge in [-0.15, -0.1) is 0 Å². The molecule has 84 valence electrons. The predicted molar refractivity (Wildman–Crippen MR) is 64.3 cm³/mol. The highest BCUT2D eigenvalue weighted by molar-refractivity contribution is 4.84. The van der Waals surface area contributed by atoms with Crippen molar-refractivity contribution in [1.82, 2.24) is 0 Å². The summed E-state index contributed by atoms with van der Waals surface area (Å²) in [7, 11) is 0. The molecule has 3 atom stereocenters. The van der Waals surface area contributed by atoms with Crippen molar-refractivity contribution < 1.29 is 0 Å². The molecule has 1 rings (SSSR count). The Morgan fingerprint density at radius 2 is 1.64 bits per heavy atom. The van der Waals surface area contributed by atoms with Crippen molar-refractivity contribution in [2.45, 2.75) is 60.3 Å². The molecule has 0 spiro atoms. The Hall–Kier alpha value is 0. The summed E-state index contributed by atoms with van der Waals surface area (Å²) in [6.07, 6.45) is 5.72. The van der Waals surface area contributed by atoms with Crippen LogP contribution >= 0.6 is 0 Å². The predicted octanol–water partition coefficient (Wildman–Crippen LogP) is 4.74. The summed E-state index contributed by atoms with van der Waals surface area (Å²) in [6, 6.07) is 0. The second-order valence-electron chi connectivity index (χ2n) is 5.65. The Bertz CT molecular complexity index is 155. The molecule has 0 aliphatic heterocycles. The Morgan fingerprint density at radius 1 is 1.07 bits per heavy atom. The normalized spacial score (nSPS) is 33.2. The first-order valence-corrected chi connectivity index (χ1v) is 6.60. The van der Waals surface area contributed by atoms with Crippen molar-refractivity contribution in [1.29, 1.82) is 0 Å². The van der Waals surface area contributed by atoms with Crippen LogP contribution in [-0.4, -0.2) is 0 Å².